The summed E-state index contributed by atoms with van der Waals surface area (Å²) in [6, 6.07) is 0. The molecule has 0 radical (unpaired) electrons. The van der Waals surface area contributed by atoms with Crippen LogP contribution in [0.25, 0.3) is 0 Å². The van der Waals surface area contributed by atoms with Gasteiger partial charge in [-0.05, 0) is 18.8 Å². The van der Waals surface area contributed by atoms with Crippen LogP contribution in [0.2, 0.25) is 0 Å². The quantitative estimate of drug-likeness (QED) is 0.532. The molecule has 1 heteroatoms. The zero-order valence-corrected chi connectivity index (χ0v) is 6.99. The molecular formula is C8H15Cl. The van der Waals surface area contributed by atoms with Crippen molar-refractivity contribution < 1.29 is 0 Å². The normalized spacial score (nSPS) is 11.6. The lowest BCUT2D eigenvalue weighted by molar-refractivity contribution is 0.560. The maximum absolute atomic E-state index is 5.34. The number of hydrogen-bond donors (Lipinski definition) is 0. The summed E-state index contributed by atoms with van der Waals surface area (Å²) in [6.07, 6.45) is 5.70. The first-order valence-electron chi connectivity index (χ1n) is 3.52. The van der Waals surface area contributed by atoms with E-state index in [0.29, 0.717) is 0 Å². The van der Waals surface area contributed by atoms with E-state index in [4.69, 9.17) is 11.6 Å². The number of allylic oxidation sites excluding steroid dienone is 1. The highest BCUT2D eigenvalue weighted by Gasteiger charge is 1.90. The van der Waals surface area contributed by atoms with Crippen molar-refractivity contribution in [3.63, 3.8) is 0 Å². The molecule has 54 valence electrons. The lowest BCUT2D eigenvalue weighted by Crippen LogP contribution is -1.84. The van der Waals surface area contributed by atoms with E-state index in [2.05, 4.69) is 13.8 Å². The molecule has 9 heavy (non-hydrogen) atoms. The lowest BCUT2D eigenvalue weighted by Gasteiger charge is -1.99. The summed E-state index contributed by atoms with van der Waals surface area (Å²) in [5, 5.41) is 0. The Kier molecular flexibility index (Phi) is 6.18. The van der Waals surface area contributed by atoms with Crippen LogP contribution < -0.4 is 0 Å². The van der Waals surface area contributed by atoms with Crippen LogP contribution in [0, 0.1) is 5.92 Å². The van der Waals surface area contributed by atoms with Crippen LogP contribution in [0.4, 0.5) is 0 Å². The molecule has 0 rings (SSSR count). The van der Waals surface area contributed by atoms with Gasteiger partial charge in [-0.25, -0.2) is 0 Å². The summed E-state index contributed by atoms with van der Waals surface area (Å²) in [7, 11) is 0. The first-order chi connectivity index (χ1) is 4.27. The van der Waals surface area contributed by atoms with Crippen LogP contribution in [-0.4, -0.2) is 0 Å². The largest absolute Gasteiger partial charge is 0.0933 e. The van der Waals surface area contributed by atoms with Gasteiger partial charge in [-0.1, -0.05) is 37.9 Å². The third kappa shape index (κ3) is 8.03. The average molecular weight is 147 g/mol. The van der Waals surface area contributed by atoms with E-state index in [-0.39, 0.29) is 0 Å². The highest BCUT2D eigenvalue weighted by molar-refractivity contribution is 6.25. The molecule has 0 aromatic carbocycles. The average Bonchev–Trinajstić information content (AvgIpc) is 1.80. The summed E-state index contributed by atoms with van der Waals surface area (Å²) < 4.78 is 0. The van der Waals surface area contributed by atoms with Crippen LogP contribution in [-0.2, 0) is 0 Å². The molecule has 0 unspecified atom stereocenters. The van der Waals surface area contributed by atoms with E-state index < -0.39 is 0 Å². The number of unbranched alkanes of at least 4 members (excludes halogenated alkanes) is 1. The van der Waals surface area contributed by atoms with Crippen molar-refractivity contribution in [3.8, 4) is 0 Å². The monoisotopic (exact) mass is 146 g/mol. The van der Waals surface area contributed by atoms with Crippen molar-refractivity contribution in [3.05, 3.63) is 11.6 Å². The minimum Gasteiger partial charge on any atom is -0.0933 e. The minimum atomic E-state index is 0.828. The van der Waals surface area contributed by atoms with Crippen molar-refractivity contribution in [2.75, 3.05) is 0 Å². The molecule has 0 atom stereocenters. The predicted molar refractivity (Wildman–Crippen MR) is 43.7 cm³/mol. The SMILES string of the molecule is CC(C)CCCC=CCl. The zero-order chi connectivity index (χ0) is 7.11. The molecule has 0 spiro atoms. The summed E-state index contributed by atoms with van der Waals surface area (Å²) in [6.45, 7) is 4.48. The fraction of sp³-hybridized carbons (Fsp3) is 0.750. The van der Waals surface area contributed by atoms with Gasteiger partial charge in [0.25, 0.3) is 0 Å². The predicted octanol–water partition coefficient (Wildman–Crippen LogP) is 3.57. The fourth-order valence-electron chi connectivity index (χ4n) is 0.707. The van der Waals surface area contributed by atoms with Gasteiger partial charge in [-0.2, -0.15) is 0 Å². The summed E-state index contributed by atoms with van der Waals surface area (Å²) >= 11 is 5.34. The Morgan fingerprint density at radius 2 is 2.11 bits per heavy atom. The van der Waals surface area contributed by atoms with Crippen LogP contribution in [0.3, 0.4) is 0 Å². The Bertz CT molecular complexity index is 74.6. The van der Waals surface area contributed by atoms with Crippen molar-refractivity contribution >= 4 is 11.6 Å². The van der Waals surface area contributed by atoms with E-state index >= 15 is 0 Å². The second-order valence-corrected chi connectivity index (χ2v) is 2.94. The Balaban J connectivity index is 2.91. The maximum atomic E-state index is 5.34. The van der Waals surface area contributed by atoms with Crippen LogP contribution >= 0.6 is 11.6 Å². The van der Waals surface area contributed by atoms with Gasteiger partial charge < -0.3 is 0 Å². The second kappa shape index (κ2) is 6.15. The van der Waals surface area contributed by atoms with E-state index in [1.54, 1.807) is 5.54 Å². The number of rotatable bonds is 4. The summed E-state index contributed by atoms with van der Waals surface area (Å²) in [5.41, 5.74) is 1.60. The molecule has 0 amide bonds. The Hall–Kier alpha value is 0.0300. The van der Waals surface area contributed by atoms with Gasteiger partial charge in [0.2, 0.25) is 0 Å². The second-order valence-electron chi connectivity index (χ2n) is 2.69. The standard InChI is InChI=1S/C8H15Cl/c1-8(2)6-4-3-5-7-9/h5,7-8H,3-4,6H2,1-2H3. The van der Waals surface area contributed by atoms with Gasteiger partial charge >= 0.3 is 0 Å². The molecule has 0 saturated carbocycles. The molecule has 0 aliphatic heterocycles. The van der Waals surface area contributed by atoms with Crippen molar-refractivity contribution in [1.82, 2.24) is 0 Å². The molecule has 0 saturated heterocycles. The minimum absolute atomic E-state index is 0.828. The molecule has 0 aromatic heterocycles. The molecular weight excluding hydrogens is 132 g/mol. The summed E-state index contributed by atoms with van der Waals surface area (Å²) in [4.78, 5) is 0. The fourth-order valence-corrected chi connectivity index (χ4v) is 0.833. The highest BCUT2D eigenvalue weighted by atomic mass is 35.5. The van der Waals surface area contributed by atoms with Crippen molar-refractivity contribution in [1.29, 1.82) is 0 Å². The van der Waals surface area contributed by atoms with E-state index in [9.17, 15) is 0 Å². The third-order valence-corrected chi connectivity index (χ3v) is 1.42. The molecule has 0 aromatic rings. The van der Waals surface area contributed by atoms with Crippen molar-refractivity contribution in [2.24, 2.45) is 5.92 Å². The smallest absolute Gasteiger partial charge is 0.000245 e. The van der Waals surface area contributed by atoms with Crippen LogP contribution in [0.15, 0.2) is 11.6 Å². The van der Waals surface area contributed by atoms with Gasteiger partial charge in [0.15, 0.2) is 0 Å². The van der Waals surface area contributed by atoms with E-state index in [1.807, 2.05) is 6.08 Å². The third-order valence-electron chi connectivity index (χ3n) is 1.24. The molecule has 0 N–H and O–H groups in total. The Morgan fingerprint density at radius 1 is 1.44 bits per heavy atom. The number of halogens is 1. The molecule has 0 aliphatic carbocycles. The zero-order valence-electron chi connectivity index (χ0n) is 6.23. The van der Waals surface area contributed by atoms with E-state index in [0.717, 1.165) is 12.3 Å². The lowest BCUT2D eigenvalue weighted by atomic mass is 10.1. The number of hydrogen-bond acceptors (Lipinski definition) is 0. The van der Waals surface area contributed by atoms with Crippen LogP contribution in [0.1, 0.15) is 33.1 Å². The molecule has 0 bridgehead atoms. The summed E-state index contributed by atoms with van der Waals surface area (Å²) in [5.74, 6) is 0.828. The Labute approximate surface area is 62.9 Å². The molecule has 0 fully saturated rings. The topological polar surface area (TPSA) is 0 Å². The first kappa shape index (κ1) is 9.03. The first-order valence-corrected chi connectivity index (χ1v) is 3.96. The Morgan fingerprint density at radius 3 is 2.56 bits per heavy atom. The van der Waals surface area contributed by atoms with Gasteiger partial charge in [-0.15, -0.1) is 0 Å². The molecule has 0 aliphatic rings. The molecule has 0 nitrogen and oxygen atoms in total. The van der Waals surface area contributed by atoms with Crippen LogP contribution in [0.5, 0.6) is 0 Å². The van der Waals surface area contributed by atoms with Gasteiger partial charge in [0, 0.05) is 5.54 Å². The van der Waals surface area contributed by atoms with E-state index in [1.165, 1.54) is 12.8 Å². The van der Waals surface area contributed by atoms with Gasteiger partial charge in [0.05, 0.1) is 0 Å². The van der Waals surface area contributed by atoms with Gasteiger partial charge in [-0.3, -0.25) is 0 Å². The maximum Gasteiger partial charge on any atom is 0.000245 e. The highest BCUT2D eigenvalue weighted by Crippen LogP contribution is 2.06. The van der Waals surface area contributed by atoms with Gasteiger partial charge in [0.1, 0.15) is 0 Å². The molecule has 0 heterocycles. The van der Waals surface area contributed by atoms with Crippen molar-refractivity contribution in [2.45, 2.75) is 33.1 Å².